The van der Waals surface area contributed by atoms with Gasteiger partial charge in [0.1, 0.15) is 17.7 Å². The Morgan fingerprint density at radius 3 is 1.96 bits per heavy atom. The molecule has 5 rings (SSSR count). The molecule has 2 aliphatic heterocycles. The molecule has 0 aromatic heterocycles. The van der Waals surface area contributed by atoms with Crippen LogP contribution in [0.3, 0.4) is 0 Å². The zero-order chi connectivity index (χ0) is 37.2. The van der Waals surface area contributed by atoms with Crippen molar-refractivity contribution in [2.45, 2.75) is 44.1 Å². The van der Waals surface area contributed by atoms with Gasteiger partial charge in [-0.25, -0.2) is 23.6 Å². The van der Waals surface area contributed by atoms with Gasteiger partial charge in [0.25, 0.3) is 0 Å². The standard InChI is InChI=1S/C32H38ClFN2O3.2C2H2O4/c33-28-8-4-9-31(24-28)39-30-14-18-35(19-15-30)20-21-36(25-26-6-2-1-3-7-26)17-5-16-32(37-22-23-38-32)27-10-12-29(34)13-11-27;2*3-1(4)2(5)6/h1-4,6-13,24,30H,5,14-23,25H2;2*(H,3,4)(H,5,6). The third-order valence-corrected chi connectivity index (χ3v) is 8.23. The number of rotatable bonds is 12. The average Bonchev–Trinajstić information content (AvgIpc) is 3.59. The van der Waals surface area contributed by atoms with E-state index in [1.54, 1.807) is 12.1 Å². The van der Waals surface area contributed by atoms with Gasteiger partial charge in [-0.2, -0.15) is 0 Å². The van der Waals surface area contributed by atoms with E-state index in [1.165, 1.54) is 17.7 Å². The molecule has 0 radical (unpaired) electrons. The van der Waals surface area contributed by atoms with E-state index in [-0.39, 0.29) is 11.9 Å². The van der Waals surface area contributed by atoms with E-state index < -0.39 is 29.7 Å². The van der Waals surface area contributed by atoms with Gasteiger partial charge >= 0.3 is 23.9 Å². The van der Waals surface area contributed by atoms with Crippen molar-refractivity contribution >= 4 is 35.5 Å². The number of hydrogen-bond acceptors (Lipinski definition) is 9. The number of benzene rings is 3. The summed E-state index contributed by atoms with van der Waals surface area (Å²) in [5.41, 5.74) is 2.20. The average molecular weight is 733 g/mol. The lowest BCUT2D eigenvalue weighted by Crippen LogP contribution is -2.42. The summed E-state index contributed by atoms with van der Waals surface area (Å²) in [4.78, 5) is 41.5. The third kappa shape index (κ3) is 14.7. The van der Waals surface area contributed by atoms with Crippen LogP contribution in [0.1, 0.15) is 36.8 Å². The Hall–Kier alpha value is -4.60. The fourth-order valence-corrected chi connectivity index (χ4v) is 5.71. The summed E-state index contributed by atoms with van der Waals surface area (Å²) in [6.45, 7) is 7.01. The first-order chi connectivity index (χ1) is 24.4. The van der Waals surface area contributed by atoms with Crippen molar-refractivity contribution < 1.29 is 58.2 Å². The number of hydrogen-bond donors (Lipinski definition) is 4. The van der Waals surface area contributed by atoms with Crippen LogP contribution in [0.25, 0.3) is 0 Å². The van der Waals surface area contributed by atoms with Gasteiger partial charge in [-0.15, -0.1) is 0 Å². The number of ether oxygens (including phenoxy) is 3. The van der Waals surface area contributed by atoms with Gasteiger partial charge in [0.15, 0.2) is 5.79 Å². The molecule has 15 heteroatoms. The Morgan fingerprint density at radius 1 is 0.824 bits per heavy atom. The number of aliphatic carboxylic acids is 4. The van der Waals surface area contributed by atoms with Gasteiger partial charge < -0.3 is 39.5 Å². The first kappa shape index (κ1) is 40.8. The van der Waals surface area contributed by atoms with Crippen LogP contribution in [-0.2, 0) is 41.0 Å². The molecule has 2 saturated heterocycles. The Bertz CT molecular complexity index is 1500. The van der Waals surface area contributed by atoms with Crippen LogP contribution < -0.4 is 4.74 Å². The van der Waals surface area contributed by atoms with E-state index in [0.29, 0.717) is 18.2 Å². The summed E-state index contributed by atoms with van der Waals surface area (Å²) < 4.78 is 31.9. The molecule has 0 bridgehead atoms. The third-order valence-electron chi connectivity index (χ3n) is 8.00. The largest absolute Gasteiger partial charge is 0.490 e. The Kier molecular flexibility index (Phi) is 16.8. The maximum atomic E-state index is 13.5. The zero-order valence-electron chi connectivity index (χ0n) is 27.9. The van der Waals surface area contributed by atoms with E-state index in [2.05, 4.69) is 40.1 Å². The minimum Gasteiger partial charge on any atom is -0.490 e. The van der Waals surface area contributed by atoms with Crippen LogP contribution >= 0.6 is 11.6 Å². The van der Waals surface area contributed by atoms with Crippen molar-refractivity contribution in [2.75, 3.05) is 45.9 Å². The van der Waals surface area contributed by atoms with Crippen LogP contribution in [0, 0.1) is 5.82 Å². The fraction of sp³-hybridized carbons (Fsp3) is 0.389. The van der Waals surface area contributed by atoms with Gasteiger partial charge in [-0.1, -0.05) is 60.1 Å². The molecule has 3 aromatic rings. The highest BCUT2D eigenvalue weighted by atomic mass is 35.5. The first-order valence-corrected chi connectivity index (χ1v) is 16.6. The van der Waals surface area contributed by atoms with E-state index in [1.807, 2.05) is 24.3 Å². The van der Waals surface area contributed by atoms with E-state index in [9.17, 15) is 4.39 Å². The zero-order valence-corrected chi connectivity index (χ0v) is 28.6. The number of carboxylic acid groups (broad SMARTS) is 4. The number of halogens is 2. The molecule has 2 fully saturated rings. The van der Waals surface area contributed by atoms with Gasteiger partial charge in [0.2, 0.25) is 0 Å². The molecule has 3 aromatic carbocycles. The highest BCUT2D eigenvalue weighted by molar-refractivity contribution is 6.30. The fourth-order valence-electron chi connectivity index (χ4n) is 5.53. The molecule has 4 N–H and O–H groups in total. The quantitative estimate of drug-likeness (QED) is 0.186. The molecule has 2 aliphatic rings. The number of piperidine rings is 1. The van der Waals surface area contributed by atoms with Crippen molar-refractivity contribution in [3.63, 3.8) is 0 Å². The van der Waals surface area contributed by atoms with E-state index >= 15 is 0 Å². The lowest BCUT2D eigenvalue weighted by Gasteiger charge is -2.34. The van der Waals surface area contributed by atoms with Crippen LogP contribution in [0.5, 0.6) is 5.75 Å². The molecule has 0 saturated carbocycles. The normalized spacial score (nSPS) is 15.5. The van der Waals surface area contributed by atoms with Crippen molar-refractivity contribution in [3.8, 4) is 5.75 Å². The molecule has 0 amide bonds. The van der Waals surface area contributed by atoms with Crippen molar-refractivity contribution in [2.24, 2.45) is 0 Å². The number of carboxylic acids is 4. The molecule has 51 heavy (non-hydrogen) atoms. The molecule has 276 valence electrons. The van der Waals surface area contributed by atoms with Crippen LogP contribution in [-0.4, -0.2) is 106 Å². The minimum absolute atomic E-state index is 0.231. The van der Waals surface area contributed by atoms with Gasteiger partial charge in [0.05, 0.1) is 13.2 Å². The second-order valence-corrected chi connectivity index (χ2v) is 12.1. The van der Waals surface area contributed by atoms with Crippen LogP contribution in [0.15, 0.2) is 78.9 Å². The summed E-state index contributed by atoms with van der Waals surface area (Å²) in [5.74, 6) is -7.48. The predicted octanol–water partition coefficient (Wildman–Crippen LogP) is 4.82. The number of likely N-dealkylation sites (tertiary alicyclic amines) is 1. The summed E-state index contributed by atoms with van der Waals surface area (Å²) in [6.07, 6.45) is 3.91. The van der Waals surface area contributed by atoms with Crippen LogP contribution in [0.2, 0.25) is 5.02 Å². The maximum Gasteiger partial charge on any atom is 0.414 e. The molecule has 0 spiro atoms. The second-order valence-electron chi connectivity index (χ2n) is 11.7. The topological polar surface area (TPSA) is 183 Å². The SMILES string of the molecule is Fc1ccc(C2(CCCN(CCN3CCC(Oc4cccc(Cl)c4)CC3)Cc3ccccc3)OCCO2)cc1.O=C(O)C(=O)O.O=C(O)C(=O)O. The van der Waals surface area contributed by atoms with E-state index in [4.69, 9.17) is 65.4 Å². The Balaban J connectivity index is 0.000000504. The lowest BCUT2D eigenvalue weighted by molar-refractivity contribution is -0.172. The second kappa shape index (κ2) is 20.9. The van der Waals surface area contributed by atoms with E-state index in [0.717, 1.165) is 76.3 Å². The molecular weight excluding hydrogens is 691 g/mol. The first-order valence-electron chi connectivity index (χ1n) is 16.2. The van der Waals surface area contributed by atoms with Crippen molar-refractivity contribution in [1.82, 2.24) is 9.80 Å². The smallest absolute Gasteiger partial charge is 0.414 e. The van der Waals surface area contributed by atoms with Crippen molar-refractivity contribution in [1.29, 1.82) is 0 Å². The number of carbonyl (C=O) groups is 4. The molecule has 0 aliphatic carbocycles. The van der Waals surface area contributed by atoms with Gasteiger partial charge in [-0.3, -0.25) is 4.90 Å². The Morgan fingerprint density at radius 2 is 1.41 bits per heavy atom. The molecule has 13 nitrogen and oxygen atoms in total. The summed E-state index contributed by atoms with van der Waals surface area (Å²) >= 11 is 6.11. The summed E-state index contributed by atoms with van der Waals surface area (Å²) in [5, 5.41) is 30.3. The molecule has 2 heterocycles. The van der Waals surface area contributed by atoms with Crippen molar-refractivity contribution in [3.05, 3.63) is 101 Å². The van der Waals surface area contributed by atoms with Crippen LogP contribution in [0.4, 0.5) is 4.39 Å². The minimum atomic E-state index is -1.82. The lowest BCUT2D eigenvalue weighted by atomic mass is 10.00. The maximum absolute atomic E-state index is 13.5. The highest BCUT2D eigenvalue weighted by Gasteiger charge is 2.38. The summed E-state index contributed by atoms with van der Waals surface area (Å²) in [7, 11) is 0. The monoisotopic (exact) mass is 732 g/mol. The van der Waals surface area contributed by atoms with Gasteiger partial charge in [0, 0.05) is 49.7 Å². The molecule has 0 unspecified atom stereocenters. The predicted molar refractivity (Wildman–Crippen MR) is 183 cm³/mol. The summed E-state index contributed by atoms with van der Waals surface area (Å²) in [6, 6.07) is 24.8. The Labute approximate surface area is 299 Å². The molecular formula is C36H42ClFN2O11. The highest BCUT2D eigenvalue weighted by Crippen LogP contribution is 2.36. The molecule has 0 atom stereocenters. The van der Waals surface area contributed by atoms with Gasteiger partial charge in [-0.05, 0) is 61.7 Å². The number of nitrogens with zero attached hydrogens (tertiary/aromatic N) is 2.